The first-order valence-electron chi connectivity index (χ1n) is 7.52. The maximum absolute atomic E-state index is 4.78. The zero-order valence-corrected chi connectivity index (χ0v) is 11.9. The number of nitrogens with zero attached hydrogens (tertiary/aromatic N) is 3. The number of nitrogens with one attached hydrogen (secondary N) is 1. The fourth-order valence-corrected chi connectivity index (χ4v) is 3.08. The highest BCUT2D eigenvalue weighted by atomic mass is 15.3. The van der Waals surface area contributed by atoms with Crippen molar-refractivity contribution in [2.24, 2.45) is 0 Å². The first kappa shape index (κ1) is 12.5. The summed E-state index contributed by atoms with van der Waals surface area (Å²) in [5.74, 6) is 0.521. The van der Waals surface area contributed by atoms with Crippen LogP contribution in [0.1, 0.15) is 24.5 Å². The molecule has 4 rings (SSSR count). The summed E-state index contributed by atoms with van der Waals surface area (Å²) in [6, 6.07) is 14.4. The third kappa shape index (κ3) is 2.32. The number of fused-ring (bicyclic) bond motifs is 1. The molecule has 3 aromatic rings. The second-order valence-corrected chi connectivity index (χ2v) is 5.58. The molecule has 0 aliphatic carbocycles. The number of rotatable bonds is 2. The average molecular weight is 278 g/mol. The van der Waals surface area contributed by atoms with Crippen molar-refractivity contribution >= 4 is 5.65 Å². The molecule has 4 nitrogen and oxygen atoms in total. The highest BCUT2D eigenvalue weighted by molar-refractivity contribution is 5.64. The van der Waals surface area contributed by atoms with E-state index in [2.05, 4.69) is 34.6 Å². The quantitative estimate of drug-likeness (QED) is 0.783. The molecular weight excluding hydrogens is 260 g/mol. The Hall–Kier alpha value is -2.20. The minimum atomic E-state index is 0.521. The fourth-order valence-electron chi connectivity index (χ4n) is 3.08. The maximum Gasteiger partial charge on any atom is 0.155 e. The summed E-state index contributed by atoms with van der Waals surface area (Å²) in [4.78, 5) is 4.46. The predicted octanol–water partition coefficient (Wildman–Crippen LogP) is 2.86. The topological polar surface area (TPSA) is 42.2 Å². The van der Waals surface area contributed by atoms with Gasteiger partial charge in [0.15, 0.2) is 5.65 Å². The molecule has 1 saturated heterocycles. The summed E-state index contributed by atoms with van der Waals surface area (Å²) < 4.78 is 2.01. The second kappa shape index (κ2) is 5.30. The third-order valence-corrected chi connectivity index (χ3v) is 4.17. The van der Waals surface area contributed by atoms with Crippen molar-refractivity contribution < 1.29 is 0 Å². The van der Waals surface area contributed by atoms with Crippen molar-refractivity contribution in [3.63, 3.8) is 0 Å². The van der Waals surface area contributed by atoms with Crippen molar-refractivity contribution in [1.82, 2.24) is 19.9 Å². The van der Waals surface area contributed by atoms with E-state index in [1.165, 1.54) is 18.5 Å². The first-order chi connectivity index (χ1) is 10.4. The molecule has 0 amide bonds. The van der Waals surface area contributed by atoms with Gasteiger partial charge in [0.25, 0.3) is 0 Å². The van der Waals surface area contributed by atoms with E-state index < -0.39 is 0 Å². The van der Waals surface area contributed by atoms with Crippen LogP contribution in [0.4, 0.5) is 0 Å². The Morgan fingerprint density at radius 3 is 2.86 bits per heavy atom. The normalized spacial score (nSPS) is 19.0. The lowest BCUT2D eigenvalue weighted by Gasteiger charge is -2.23. The molecule has 1 unspecified atom stereocenters. The highest BCUT2D eigenvalue weighted by Crippen LogP contribution is 2.25. The van der Waals surface area contributed by atoms with Crippen LogP contribution >= 0.6 is 0 Å². The monoisotopic (exact) mass is 278 g/mol. The van der Waals surface area contributed by atoms with E-state index >= 15 is 0 Å². The Kier molecular flexibility index (Phi) is 3.16. The molecule has 1 fully saturated rings. The second-order valence-electron chi connectivity index (χ2n) is 5.58. The van der Waals surface area contributed by atoms with Crippen LogP contribution < -0.4 is 5.32 Å². The molecular formula is C17H18N4. The van der Waals surface area contributed by atoms with Crippen LogP contribution in [0.3, 0.4) is 0 Å². The van der Waals surface area contributed by atoms with Gasteiger partial charge in [-0.3, -0.25) is 0 Å². The van der Waals surface area contributed by atoms with Gasteiger partial charge >= 0.3 is 0 Å². The number of aromatic nitrogens is 3. The summed E-state index contributed by atoms with van der Waals surface area (Å²) in [5, 5.41) is 8.26. The van der Waals surface area contributed by atoms with Gasteiger partial charge in [0.05, 0.1) is 11.4 Å². The van der Waals surface area contributed by atoms with Crippen molar-refractivity contribution in [2.45, 2.75) is 18.8 Å². The van der Waals surface area contributed by atoms with Gasteiger partial charge in [0.1, 0.15) is 0 Å². The number of piperidine rings is 1. The highest BCUT2D eigenvalue weighted by Gasteiger charge is 2.19. The van der Waals surface area contributed by atoms with Gasteiger partial charge in [-0.05, 0) is 25.5 Å². The molecule has 0 saturated carbocycles. The van der Waals surface area contributed by atoms with Gasteiger partial charge < -0.3 is 5.32 Å². The van der Waals surface area contributed by atoms with E-state index in [0.29, 0.717) is 5.92 Å². The molecule has 4 heteroatoms. The molecule has 0 radical (unpaired) electrons. The summed E-state index contributed by atoms with van der Waals surface area (Å²) >= 11 is 0. The molecule has 1 aliphatic heterocycles. The molecule has 3 heterocycles. The van der Waals surface area contributed by atoms with Gasteiger partial charge in [-0.1, -0.05) is 30.3 Å². The number of benzene rings is 1. The van der Waals surface area contributed by atoms with Gasteiger partial charge in [-0.25, -0.2) is 9.50 Å². The molecule has 1 aliphatic rings. The molecule has 21 heavy (non-hydrogen) atoms. The number of hydrogen-bond donors (Lipinski definition) is 1. The van der Waals surface area contributed by atoms with E-state index in [9.17, 15) is 0 Å². The lowest BCUT2D eigenvalue weighted by Crippen LogP contribution is -2.29. The fraction of sp³-hybridized carbons (Fsp3) is 0.294. The molecule has 0 spiro atoms. The van der Waals surface area contributed by atoms with E-state index in [4.69, 9.17) is 5.10 Å². The van der Waals surface area contributed by atoms with E-state index in [1.54, 1.807) is 0 Å². The van der Waals surface area contributed by atoms with Crippen molar-refractivity contribution in [2.75, 3.05) is 13.1 Å². The lowest BCUT2D eigenvalue weighted by atomic mass is 9.96. The zero-order chi connectivity index (χ0) is 14.1. The van der Waals surface area contributed by atoms with Gasteiger partial charge in [0.2, 0.25) is 0 Å². The maximum atomic E-state index is 4.78. The molecule has 0 bridgehead atoms. The SMILES string of the molecule is c1ccc(-c2cc3nccc(C4CCCNC4)n3n2)cc1. The molecule has 2 aromatic heterocycles. The minimum Gasteiger partial charge on any atom is -0.316 e. The first-order valence-corrected chi connectivity index (χ1v) is 7.52. The molecule has 106 valence electrons. The summed E-state index contributed by atoms with van der Waals surface area (Å²) in [6.45, 7) is 2.15. The van der Waals surface area contributed by atoms with Crippen molar-refractivity contribution in [1.29, 1.82) is 0 Å². The lowest BCUT2D eigenvalue weighted by molar-refractivity contribution is 0.448. The summed E-state index contributed by atoms with van der Waals surface area (Å²) in [6.07, 6.45) is 4.34. The Labute approximate surface area is 123 Å². The Bertz CT molecular complexity index is 742. The van der Waals surface area contributed by atoms with Crippen LogP contribution in [0, 0.1) is 0 Å². The Morgan fingerprint density at radius 1 is 1.14 bits per heavy atom. The molecule has 1 N–H and O–H groups in total. The van der Waals surface area contributed by atoms with Crippen molar-refractivity contribution in [3.05, 3.63) is 54.4 Å². The smallest absolute Gasteiger partial charge is 0.155 e. The zero-order valence-electron chi connectivity index (χ0n) is 11.9. The standard InChI is InChI=1S/C17H18N4/c1-2-5-13(6-3-1)15-11-17-19-10-8-16(21(17)20-15)14-7-4-9-18-12-14/h1-3,5-6,8,10-11,14,18H,4,7,9,12H2. The average Bonchev–Trinajstić information content (AvgIpc) is 3.00. The largest absolute Gasteiger partial charge is 0.316 e. The van der Waals surface area contributed by atoms with Gasteiger partial charge in [-0.2, -0.15) is 5.10 Å². The van der Waals surface area contributed by atoms with Crippen LogP contribution in [-0.2, 0) is 0 Å². The predicted molar refractivity (Wildman–Crippen MR) is 83.3 cm³/mol. The van der Waals surface area contributed by atoms with Gasteiger partial charge in [-0.15, -0.1) is 0 Å². The summed E-state index contributed by atoms with van der Waals surface area (Å²) in [7, 11) is 0. The van der Waals surface area contributed by atoms with E-state index in [-0.39, 0.29) is 0 Å². The Morgan fingerprint density at radius 2 is 2.05 bits per heavy atom. The van der Waals surface area contributed by atoms with Crippen LogP contribution in [0.2, 0.25) is 0 Å². The molecule has 1 atom stereocenters. The number of hydrogen-bond acceptors (Lipinski definition) is 3. The van der Waals surface area contributed by atoms with Crippen LogP contribution in [0.25, 0.3) is 16.9 Å². The van der Waals surface area contributed by atoms with E-state index in [0.717, 1.165) is 30.0 Å². The van der Waals surface area contributed by atoms with Gasteiger partial charge in [0, 0.05) is 30.3 Å². The summed E-state index contributed by atoms with van der Waals surface area (Å²) in [5.41, 5.74) is 4.31. The van der Waals surface area contributed by atoms with Crippen LogP contribution in [-0.4, -0.2) is 27.7 Å². The van der Waals surface area contributed by atoms with Crippen LogP contribution in [0.5, 0.6) is 0 Å². The van der Waals surface area contributed by atoms with E-state index in [1.807, 2.05) is 28.9 Å². The van der Waals surface area contributed by atoms with Crippen LogP contribution in [0.15, 0.2) is 48.7 Å². The minimum absolute atomic E-state index is 0.521. The van der Waals surface area contributed by atoms with Crippen molar-refractivity contribution in [3.8, 4) is 11.3 Å². The Balaban J connectivity index is 1.80. The third-order valence-electron chi connectivity index (χ3n) is 4.17. The molecule has 1 aromatic carbocycles.